The molecule has 1 heterocycles. The van der Waals surface area contributed by atoms with Crippen molar-refractivity contribution >= 4 is 15.5 Å². The molecule has 10 heteroatoms. The molecule has 118 valence electrons. The van der Waals surface area contributed by atoms with Crippen LogP contribution in [0.3, 0.4) is 0 Å². The maximum atomic E-state index is 13.8. The van der Waals surface area contributed by atoms with Crippen LogP contribution in [0.15, 0.2) is 46.5 Å². The number of hydrogen-bond acceptors (Lipinski definition) is 5. The fraction of sp³-hybridized carbons (Fsp3) is 0.0833. The number of rotatable bonds is 3. The standard InChI is InChI=1S/C12H8F4N2O3S/c13-10-4-8(21-12(14,15)16)1-2-11(10)22(19,20)9-3-7(17)5-18-6-9/h1-6H,17H2. The number of nitrogens with two attached hydrogens (primary N) is 1. The second kappa shape index (κ2) is 5.44. The SMILES string of the molecule is Nc1cncc(S(=O)(=O)c2ccc(OC(F)(F)F)cc2F)c1. The predicted molar refractivity (Wildman–Crippen MR) is 67.2 cm³/mol. The number of anilines is 1. The van der Waals surface area contributed by atoms with E-state index in [1.54, 1.807) is 0 Å². The molecule has 2 aromatic rings. The van der Waals surface area contributed by atoms with Crippen molar-refractivity contribution in [3.05, 3.63) is 42.5 Å². The molecule has 0 spiro atoms. The Bertz CT molecular complexity index is 806. The Hall–Kier alpha value is -2.36. The molecule has 2 N–H and O–H groups in total. The maximum Gasteiger partial charge on any atom is 0.573 e. The average Bonchev–Trinajstić information content (AvgIpc) is 2.36. The van der Waals surface area contributed by atoms with E-state index in [2.05, 4.69) is 9.72 Å². The molecule has 0 bridgehead atoms. The first kappa shape index (κ1) is 16.0. The van der Waals surface area contributed by atoms with Gasteiger partial charge in [0.05, 0.1) is 10.6 Å². The van der Waals surface area contributed by atoms with Gasteiger partial charge in [0, 0.05) is 18.5 Å². The minimum atomic E-state index is -5.01. The van der Waals surface area contributed by atoms with E-state index in [1.807, 2.05) is 0 Å². The molecule has 1 aromatic carbocycles. The lowest BCUT2D eigenvalue weighted by molar-refractivity contribution is -0.274. The van der Waals surface area contributed by atoms with Crippen molar-refractivity contribution < 1.29 is 30.7 Å². The molecule has 0 aliphatic rings. The number of aromatic nitrogens is 1. The molecule has 0 saturated carbocycles. The van der Waals surface area contributed by atoms with Crippen molar-refractivity contribution in [2.75, 3.05) is 5.73 Å². The second-order valence-electron chi connectivity index (χ2n) is 4.10. The number of nitrogens with zero attached hydrogens (tertiary/aromatic N) is 1. The lowest BCUT2D eigenvalue weighted by atomic mass is 10.3. The van der Waals surface area contributed by atoms with E-state index in [-0.39, 0.29) is 10.6 Å². The molecular formula is C12H8F4N2O3S. The van der Waals surface area contributed by atoms with Crippen LogP contribution >= 0.6 is 0 Å². The molecular weight excluding hydrogens is 328 g/mol. The quantitative estimate of drug-likeness (QED) is 0.871. The van der Waals surface area contributed by atoms with Gasteiger partial charge in [0.25, 0.3) is 0 Å². The molecule has 0 atom stereocenters. The topological polar surface area (TPSA) is 82.3 Å². The largest absolute Gasteiger partial charge is 0.573 e. The molecule has 2 rings (SSSR count). The summed E-state index contributed by atoms with van der Waals surface area (Å²) in [5, 5.41) is 0. The summed E-state index contributed by atoms with van der Waals surface area (Å²) in [5.74, 6) is -2.25. The van der Waals surface area contributed by atoms with Crippen molar-refractivity contribution in [1.29, 1.82) is 0 Å². The molecule has 0 amide bonds. The number of hydrogen-bond donors (Lipinski definition) is 1. The Labute approximate surface area is 122 Å². The van der Waals surface area contributed by atoms with Crippen LogP contribution in [0.2, 0.25) is 0 Å². The summed E-state index contributed by atoms with van der Waals surface area (Å²) in [6.45, 7) is 0. The highest BCUT2D eigenvalue weighted by atomic mass is 32.2. The first-order chi connectivity index (χ1) is 10.1. The summed E-state index contributed by atoms with van der Waals surface area (Å²) in [7, 11) is -4.31. The molecule has 0 saturated heterocycles. The first-order valence-electron chi connectivity index (χ1n) is 5.60. The molecule has 1 aromatic heterocycles. The molecule has 5 nitrogen and oxygen atoms in total. The highest BCUT2D eigenvalue weighted by molar-refractivity contribution is 7.91. The Morgan fingerprint density at radius 1 is 1.14 bits per heavy atom. The van der Waals surface area contributed by atoms with Gasteiger partial charge in [0.1, 0.15) is 16.5 Å². The third kappa shape index (κ3) is 3.45. The van der Waals surface area contributed by atoms with Crippen LogP contribution in [0, 0.1) is 5.82 Å². The zero-order chi connectivity index (χ0) is 16.5. The Morgan fingerprint density at radius 2 is 1.82 bits per heavy atom. The second-order valence-corrected chi connectivity index (χ2v) is 6.02. The van der Waals surface area contributed by atoms with Crippen LogP contribution in [0.1, 0.15) is 0 Å². The van der Waals surface area contributed by atoms with E-state index in [0.717, 1.165) is 12.3 Å². The van der Waals surface area contributed by atoms with E-state index >= 15 is 0 Å². The molecule has 0 aliphatic heterocycles. The van der Waals surface area contributed by atoms with Gasteiger partial charge >= 0.3 is 6.36 Å². The van der Waals surface area contributed by atoms with Gasteiger partial charge in [-0.2, -0.15) is 0 Å². The van der Waals surface area contributed by atoms with Crippen LogP contribution in [0.5, 0.6) is 5.75 Å². The zero-order valence-corrected chi connectivity index (χ0v) is 11.5. The predicted octanol–water partition coefficient (Wildman–Crippen LogP) is 2.53. The lowest BCUT2D eigenvalue weighted by Gasteiger charge is -2.10. The lowest BCUT2D eigenvalue weighted by Crippen LogP contribution is -2.17. The number of alkyl halides is 3. The minimum Gasteiger partial charge on any atom is -0.406 e. The maximum absolute atomic E-state index is 13.8. The highest BCUT2D eigenvalue weighted by Crippen LogP contribution is 2.29. The number of nitrogen functional groups attached to an aromatic ring is 1. The third-order valence-electron chi connectivity index (χ3n) is 2.47. The van der Waals surface area contributed by atoms with Gasteiger partial charge in [-0.1, -0.05) is 0 Å². The van der Waals surface area contributed by atoms with Crippen LogP contribution in [-0.2, 0) is 9.84 Å². The zero-order valence-electron chi connectivity index (χ0n) is 10.6. The number of sulfone groups is 1. The smallest absolute Gasteiger partial charge is 0.406 e. The fourth-order valence-electron chi connectivity index (χ4n) is 1.61. The molecule has 0 radical (unpaired) electrons. The van der Waals surface area contributed by atoms with Crippen LogP contribution in [-0.4, -0.2) is 19.8 Å². The van der Waals surface area contributed by atoms with Crippen LogP contribution in [0.4, 0.5) is 23.2 Å². The van der Waals surface area contributed by atoms with Gasteiger partial charge in [-0.15, -0.1) is 13.2 Å². The number of ether oxygens (including phenoxy) is 1. The first-order valence-corrected chi connectivity index (χ1v) is 7.09. The summed E-state index contributed by atoms with van der Waals surface area (Å²) < 4.78 is 77.8. The van der Waals surface area contributed by atoms with Gasteiger partial charge in [-0.3, -0.25) is 4.98 Å². The summed E-state index contributed by atoms with van der Waals surface area (Å²) in [6, 6.07) is 2.76. The molecule has 0 fully saturated rings. The van der Waals surface area contributed by atoms with Crippen molar-refractivity contribution in [3.8, 4) is 5.75 Å². The van der Waals surface area contributed by atoms with Gasteiger partial charge in [0.15, 0.2) is 0 Å². The summed E-state index contributed by atoms with van der Waals surface area (Å²) >= 11 is 0. The highest BCUT2D eigenvalue weighted by Gasteiger charge is 2.32. The minimum absolute atomic E-state index is 0.0403. The number of halogens is 4. The van der Waals surface area contributed by atoms with Gasteiger partial charge in [-0.25, -0.2) is 12.8 Å². The Balaban J connectivity index is 2.45. The van der Waals surface area contributed by atoms with Gasteiger partial charge < -0.3 is 10.5 Å². The fourth-order valence-corrected chi connectivity index (χ4v) is 2.91. The van der Waals surface area contributed by atoms with Crippen LogP contribution in [0.25, 0.3) is 0 Å². The van der Waals surface area contributed by atoms with Crippen molar-refractivity contribution in [1.82, 2.24) is 4.98 Å². The molecule has 0 aliphatic carbocycles. The molecule has 0 unspecified atom stereocenters. The van der Waals surface area contributed by atoms with Gasteiger partial charge in [0.2, 0.25) is 9.84 Å². The van der Waals surface area contributed by atoms with E-state index in [0.29, 0.717) is 18.2 Å². The monoisotopic (exact) mass is 336 g/mol. The van der Waals surface area contributed by atoms with Crippen LogP contribution < -0.4 is 10.5 Å². The van der Waals surface area contributed by atoms with Crippen molar-refractivity contribution in [3.63, 3.8) is 0 Å². The number of benzene rings is 1. The summed E-state index contributed by atoms with van der Waals surface area (Å²) in [5.41, 5.74) is 5.44. The average molecular weight is 336 g/mol. The van der Waals surface area contributed by atoms with Crippen molar-refractivity contribution in [2.45, 2.75) is 16.2 Å². The van der Waals surface area contributed by atoms with E-state index in [1.165, 1.54) is 6.20 Å². The molecule has 22 heavy (non-hydrogen) atoms. The summed E-state index contributed by atoms with van der Waals surface area (Å²) in [6.07, 6.45) is -2.87. The Kier molecular flexibility index (Phi) is 3.96. The van der Waals surface area contributed by atoms with E-state index in [4.69, 9.17) is 5.73 Å². The normalized spacial score (nSPS) is 12.2. The van der Waals surface area contributed by atoms with E-state index < -0.39 is 32.7 Å². The Morgan fingerprint density at radius 3 is 2.36 bits per heavy atom. The number of pyridine rings is 1. The third-order valence-corrected chi connectivity index (χ3v) is 4.23. The summed E-state index contributed by atoms with van der Waals surface area (Å²) in [4.78, 5) is 2.38. The van der Waals surface area contributed by atoms with Crippen molar-refractivity contribution in [2.24, 2.45) is 0 Å². The van der Waals surface area contributed by atoms with Gasteiger partial charge in [-0.05, 0) is 18.2 Å². The van der Waals surface area contributed by atoms with E-state index in [9.17, 15) is 26.0 Å².